The number of anilines is 3. The molecule has 3 aromatic rings. The third-order valence-electron chi connectivity index (χ3n) is 4.20. The van der Waals surface area contributed by atoms with Crippen LogP contribution in [0.3, 0.4) is 0 Å². The third-order valence-corrected chi connectivity index (χ3v) is 4.41. The Morgan fingerprint density at radius 1 is 1.26 bits per heavy atom. The van der Waals surface area contributed by atoms with E-state index in [1.807, 2.05) is 23.3 Å². The summed E-state index contributed by atoms with van der Waals surface area (Å²) in [7, 11) is 1.89. The predicted molar refractivity (Wildman–Crippen MR) is 103 cm³/mol. The summed E-state index contributed by atoms with van der Waals surface area (Å²) >= 11 is 6.02. The molecule has 3 aromatic heterocycles. The molecule has 0 saturated heterocycles. The lowest BCUT2D eigenvalue weighted by Crippen LogP contribution is -2.25. The van der Waals surface area contributed by atoms with E-state index in [0.717, 1.165) is 22.6 Å². The molecule has 0 saturated carbocycles. The van der Waals surface area contributed by atoms with E-state index < -0.39 is 12.9 Å². The molecule has 27 heavy (non-hydrogen) atoms. The summed E-state index contributed by atoms with van der Waals surface area (Å²) in [5, 5.41) is 5.19. The summed E-state index contributed by atoms with van der Waals surface area (Å²) in [4.78, 5) is 31.6. The van der Waals surface area contributed by atoms with E-state index in [1.54, 1.807) is 18.6 Å². The number of pyridine rings is 2. The molecule has 8 nitrogen and oxygen atoms in total. The van der Waals surface area contributed by atoms with Gasteiger partial charge in [-0.05, 0) is 12.1 Å². The minimum absolute atomic E-state index is 0.0218. The fraction of sp³-hybridized carbons (Fsp3) is 0.167. The number of carbonyl (C=O) groups is 1. The fourth-order valence-electron chi connectivity index (χ4n) is 3.04. The monoisotopic (exact) mass is 384 g/mol. The molecule has 136 valence electrons. The highest BCUT2D eigenvalue weighted by Gasteiger charge is 2.25. The van der Waals surface area contributed by atoms with Gasteiger partial charge in [0.1, 0.15) is 5.15 Å². The zero-order valence-corrected chi connectivity index (χ0v) is 14.9. The van der Waals surface area contributed by atoms with Crippen LogP contribution >= 0.6 is 11.6 Å². The van der Waals surface area contributed by atoms with Crippen molar-refractivity contribution in [3.8, 4) is 11.3 Å². The topological polar surface area (TPSA) is 95.9 Å². The average Bonchev–Trinajstić information content (AvgIpc) is 2.67. The van der Waals surface area contributed by atoms with E-state index >= 15 is 0 Å². The van der Waals surface area contributed by atoms with Gasteiger partial charge in [-0.15, -0.1) is 0 Å². The first kappa shape index (κ1) is 13.9. The lowest BCUT2D eigenvalue weighted by Gasteiger charge is -2.29. The first-order chi connectivity index (χ1) is 14.2. The maximum absolute atomic E-state index is 12.5. The molecule has 0 atom stereocenters. The van der Waals surface area contributed by atoms with Crippen LogP contribution in [0.15, 0.2) is 36.9 Å². The maximum Gasteiger partial charge on any atom is 0.254 e. The Hall–Kier alpha value is -3.26. The van der Waals surface area contributed by atoms with E-state index in [-0.39, 0.29) is 16.4 Å². The average molecular weight is 385 g/mol. The minimum Gasteiger partial charge on any atom is -0.365 e. The van der Waals surface area contributed by atoms with Gasteiger partial charge < -0.3 is 15.5 Å². The number of halogens is 1. The van der Waals surface area contributed by atoms with Crippen LogP contribution in [0.5, 0.6) is 0 Å². The number of hydrogen-bond acceptors (Lipinski definition) is 7. The van der Waals surface area contributed by atoms with Crippen molar-refractivity contribution in [2.45, 2.75) is 6.54 Å². The van der Waals surface area contributed by atoms with Crippen molar-refractivity contribution in [3.05, 3.63) is 53.3 Å². The van der Waals surface area contributed by atoms with Crippen LogP contribution in [0.4, 0.5) is 17.2 Å². The summed E-state index contributed by atoms with van der Waals surface area (Å²) < 4.78 is 21.8. The van der Waals surface area contributed by atoms with Crippen LogP contribution in [-0.2, 0) is 6.54 Å². The van der Waals surface area contributed by atoms with Gasteiger partial charge in [0.15, 0.2) is 5.82 Å². The number of amides is 1. The van der Waals surface area contributed by atoms with E-state index in [4.69, 9.17) is 15.7 Å². The molecule has 0 fully saturated rings. The van der Waals surface area contributed by atoms with Gasteiger partial charge in [0.2, 0.25) is 0 Å². The number of rotatable bonds is 3. The Labute approximate surface area is 164 Å². The number of nitrogens with one attached hydrogen (secondary N) is 2. The fourth-order valence-corrected chi connectivity index (χ4v) is 3.20. The summed E-state index contributed by atoms with van der Waals surface area (Å²) in [6.07, 6.45) is 6.10. The van der Waals surface area contributed by atoms with Crippen LogP contribution in [0.25, 0.3) is 11.3 Å². The van der Waals surface area contributed by atoms with Crippen LogP contribution in [0.1, 0.15) is 20.2 Å². The summed E-state index contributed by atoms with van der Waals surface area (Å²) in [6, 6.07) is 3.28. The predicted octanol–water partition coefficient (Wildman–Crippen LogP) is 2.64. The molecular formula is C18H16ClN7O. The molecule has 0 unspecified atom stereocenters. The zero-order chi connectivity index (χ0) is 21.5. The van der Waals surface area contributed by atoms with Crippen molar-refractivity contribution in [2.24, 2.45) is 0 Å². The second-order valence-corrected chi connectivity index (χ2v) is 6.28. The van der Waals surface area contributed by atoms with Crippen molar-refractivity contribution in [1.82, 2.24) is 25.3 Å². The van der Waals surface area contributed by atoms with Gasteiger partial charge in [0.25, 0.3) is 5.91 Å². The number of aromatic nitrogens is 4. The Kier molecular flexibility index (Phi) is 3.50. The van der Waals surface area contributed by atoms with E-state index in [1.165, 1.54) is 12.3 Å². The van der Waals surface area contributed by atoms with Gasteiger partial charge >= 0.3 is 0 Å². The molecule has 4 rings (SSSR count). The normalized spacial score (nSPS) is 14.3. The number of fused-ring (bicyclic) bond motifs is 3. The number of hydrogen-bond donors (Lipinski definition) is 2. The summed E-state index contributed by atoms with van der Waals surface area (Å²) in [5.41, 5.74) is 3.49. The molecule has 0 bridgehead atoms. The molecule has 2 N–H and O–H groups in total. The van der Waals surface area contributed by atoms with Gasteiger partial charge in [-0.1, -0.05) is 11.6 Å². The molecule has 0 aliphatic carbocycles. The molecule has 0 spiro atoms. The van der Waals surface area contributed by atoms with Crippen molar-refractivity contribution in [1.29, 1.82) is 0 Å². The highest BCUT2D eigenvalue weighted by molar-refractivity contribution is 6.29. The minimum atomic E-state index is -2.64. The van der Waals surface area contributed by atoms with Crippen molar-refractivity contribution in [3.63, 3.8) is 0 Å². The quantitative estimate of drug-likeness (QED) is 0.670. The molecule has 0 radical (unpaired) electrons. The molecule has 4 heterocycles. The van der Waals surface area contributed by atoms with Crippen molar-refractivity contribution >= 4 is 34.7 Å². The zero-order valence-electron chi connectivity index (χ0n) is 17.2. The number of nitrogens with zero attached hydrogens (tertiary/aromatic N) is 5. The highest BCUT2D eigenvalue weighted by Crippen LogP contribution is 2.41. The van der Waals surface area contributed by atoms with Crippen molar-refractivity contribution in [2.75, 3.05) is 24.2 Å². The smallest absolute Gasteiger partial charge is 0.254 e. The number of carbonyl (C=O) groups excluding carboxylic acids is 1. The van der Waals surface area contributed by atoms with Gasteiger partial charge in [0.05, 0.1) is 34.9 Å². The van der Waals surface area contributed by atoms with Gasteiger partial charge in [0, 0.05) is 48.5 Å². The molecular weight excluding hydrogens is 366 g/mol. The standard InChI is InChI=1S/C18H16ClN7O/c1-20-18(27)11-8-24-14(19)7-12(11)25-17-16-10(3-4-23-17)15-13(9-26(16)2)21-5-6-22-15/h3-8H,9H2,1-2H3,(H,20,27)(H,23,24,25)/i1D3. The molecule has 1 aliphatic heterocycles. The lowest BCUT2D eigenvalue weighted by molar-refractivity contribution is 0.0963. The van der Waals surface area contributed by atoms with Crippen molar-refractivity contribution < 1.29 is 8.91 Å². The highest BCUT2D eigenvalue weighted by atomic mass is 35.5. The Morgan fingerprint density at radius 3 is 2.96 bits per heavy atom. The SMILES string of the molecule is [2H]C([2H])([2H])NC(=O)c1cnc(Cl)cc1Nc1nccc2c1N(C)Cc1nccnc1-2. The first-order valence-corrected chi connectivity index (χ1v) is 8.36. The Morgan fingerprint density at radius 2 is 2.11 bits per heavy atom. The van der Waals surface area contributed by atoms with Crippen LogP contribution < -0.4 is 15.5 Å². The molecule has 1 amide bonds. The molecule has 9 heteroatoms. The molecule has 0 aromatic carbocycles. The third kappa shape index (κ3) is 3.04. The molecule has 1 aliphatic rings. The van der Waals surface area contributed by atoms with E-state index in [2.05, 4.69) is 25.3 Å². The Balaban J connectivity index is 1.77. The van der Waals surface area contributed by atoms with Crippen LogP contribution in [0, 0.1) is 0 Å². The maximum atomic E-state index is 12.5. The summed E-state index contributed by atoms with van der Waals surface area (Å²) in [6.45, 7) is -2.11. The Bertz CT molecular complexity index is 1140. The van der Waals surface area contributed by atoms with E-state index in [9.17, 15) is 4.79 Å². The van der Waals surface area contributed by atoms with Gasteiger partial charge in [-0.2, -0.15) is 0 Å². The summed E-state index contributed by atoms with van der Waals surface area (Å²) in [5.74, 6) is -0.354. The van der Waals surface area contributed by atoms with Crippen LogP contribution in [0.2, 0.25) is 5.15 Å². The van der Waals surface area contributed by atoms with Crippen LogP contribution in [-0.4, -0.2) is 39.9 Å². The van der Waals surface area contributed by atoms with E-state index in [0.29, 0.717) is 12.4 Å². The second-order valence-electron chi connectivity index (χ2n) is 5.90. The second kappa shape index (κ2) is 6.81. The first-order valence-electron chi connectivity index (χ1n) is 9.48. The lowest BCUT2D eigenvalue weighted by atomic mass is 10.0. The largest absolute Gasteiger partial charge is 0.365 e. The van der Waals surface area contributed by atoms with Gasteiger partial charge in [-0.3, -0.25) is 14.8 Å². The van der Waals surface area contributed by atoms with Gasteiger partial charge in [-0.25, -0.2) is 9.97 Å².